The van der Waals surface area contributed by atoms with E-state index in [9.17, 15) is 4.79 Å². The molecule has 0 aromatic heterocycles. The van der Waals surface area contributed by atoms with E-state index in [1.54, 1.807) is 15.0 Å². The highest BCUT2D eigenvalue weighted by atomic mass is 16.8. The number of carbonyl (C=O) groups excluding carboxylic acids is 1. The third kappa shape index (κ3) is 6.53. The van der Waals surface area contributed by atoms with E-state index < -0.39 is 5.79 Å². The summed E-state index contributed by atoms with van der Waals surface area (Å²) in [7, 11) is 0. The monoisotopic (exact) mass is 608 g/mol. The van der Waals surface area contributed by atoms with Crippen molar-refractivity contribution in [3.05, 3.63) is 47.9 Å². The van der Waals surface area contributed by atoms with Gasteiger partial charge in [-0.3, -0.25) is 9.91 Å². The molecule has 1 aromatic carbocycles. The van der Waals surface area contributed by atoms with Crippen LogP contribution in [-0.4, -0.2) is 104 Å². The van der Waals surface area contributed by atoms with Gasteiger partial charge in [-0.15, -0.1) is 0 Å². The molecule has 44 heavy (non-hydrogen) atoms. The molecule has 0 radical (unpaired) electrons. The van der Waals surface area contributed by atoms with Gasteiger partial charge in [0.15, 0.2) is 5.79 Å². The fraction of sp³-hybridized carbons (Fsp3) is 0.625. The Labute approximate surface area is 261 Å². The summed E-state index contributed by atoms with van der Waals surface area (Å²) in [4.78, 5) is 19.6. The van der Waals surface area contributed by atoms with Gasteiger partial charge in [0.25, 0.3) is 0 Å². The lowest BCUT2D eigenvalue weighted by molar-refractivity contribution is -0.214. The van der Waals surface area contributed by atoms with E-state index in [1.807, 2.05) is 6.21 Å². The maximum absolute atomic E-state index is 12.8. The van der Waals surface area contributed by atoms with E-state index in [4.69, 9.17) is 14.2 Å². The number of urea groups is 1. The van der Waals surface area contributed by atoms with Gasteiger partial charge in [-0.2, -0.15) is 5.10 Å². The van der Waals surface area contributed by atoms with Crippen LogP contribution in [0.5, 0.6) is 0 Å². The number of anilines is 2. The highest BCUT2D eigenvalue weighted by molar-refractivity contribution is 5.93. The second-order valence-electron chi connectivity index (χ2n) is 12.5. The van der Waals surface area contributed by atoms with E-state index in [0.29, 0.717) is 26.4 Å². The normalized spacial score (nSPS) is 26.6. The van der Waals surface area contributed by atoms with Gasteiger partial charge in [-0.05, 0) is 56.2 Å². The minimum atomic E-state index is -0.694. The molecule has 1 aliphatic carbocycles. The van der Waals surface area contributed by atoms with Crippen molar-refractivity contribution in [1.82, 2.24) is 25.9 Å². The number of carbonyl (C=O) groups is 1. The van der Waals surface area contributed by atoms with Crippen LogP contribution in [0.3, 0.4) is 0 Å². The number of nitrogens with zero attached hydrogens (tertiary/aromatic N) is 6. The summed E-state index contributed by atoms with van der Waals surface area (Å²) < 4.78 is 18.8. The molecule has 0 spiro atoms. The Balaban J connectivity index is 0.955. The van der Waals surface area contributed by atoms with Gasteiger partial charge in [0.05, 0.1) is 25.6 Å². The molecule has 2 amide bonds. The van der Waals surface area contributed by atoms with Crippen LogP contribution >= 0.6 is 0 Å². The molecular weight excluding hydrogens is 560 g/mol. The molecule has 0 saturated carbocycles. The number of amides is 2. The first kappa shape index (κ1) is 30.7. The Morgan fingerprint density at radius 2 is 1.77 bits per heavy atom. The van der Waals surface area contributed by atoms with Crippen molar-refractivity contribution >= 4 is 23.6 Å². The van der Waals surface area contributed by atoms with Gasteiger partial charge >= 0.3 is 6.03 Å². The Morgan fingerprint density at radius 1 is 1.02 bits per heavy atom. The van der Waals surface area contributed by atoms with Crippen LogP contribution in [0.25, 0.3) is 0 Å². The number of benzene rings is 1. The van der Waals surface area contributed by atoms with Crippen molar-refractivity contribution in [2.45, 2.75) is 64.9 Å². The van der Waals surface area contributed by atoms with E-state index in [0.717, 1.165) is 63.4 Å². The van der Waals surface area contributed by atoms with Crippen molar-refractivity contribution in [1.29, 1.82) is 0 Å². The second-order valence-corrected chi connectivity index (χ2v) is 12.5. The molecule has 240 valence electrons. The second kappa shape index (κ2) is 13.4. The Hall–Kier alpha value is -3.32. The quantitative estimate of drug-likeness (QED) is 0.392. The standard InChI is InChI=1S/C32H48N8O4/c1-5-25(4)40-31(41)38(23-35-40)28-8-6-26(7-9-28)36-16-18-37(19-17-36)27-10-12-29(13-11-27)42-20-30-21-43-32(44-30,24(2)3)22-39-33-14-15-34-39/h6-10,12,14,24-25,30,34-35H,5,11,13,15-23H2,1-4H3. The van der Waals surface area contributed by atoms with E-state index in [1.165, 1.54) is 11.4 Å². The molecular formula is C32H48N8O4. The summed E-state index contributed by atoms with van der Waals surface area (Å²) >= 11 is 0. The summed E-state index contributed by atoms with van der Waals surface area (Å²) in [5, 5.41) is 7.86. The third-order valence-corrected chi connectivity index (χ3v) is 9.34. The van der Waals surface area contributed by atoms with Crippen LogP contribution < -0.4 is 20.7 Å². The van der Waals surface area contributed by atoms with Crippen LogP contribution in [0, 0.1) is 5.92 Å². The number of ether oxygens (including phenoxy) is 3. The molecule has 3 atom stereocenters. The van der Waals surface area contributed by atoms with Crippen LogP contribution in [0.1, 0.15) is 47.0 Å². The van der Waals surface area contributed by atoms with Gasteiger partial charge in [-0.25, -0.2) is 20.8 Å². The van der Waals surface area contributed by atoms with Crippen molar-refractivity contribution in [2.24, 2.45) is 11.0 Å². The Morgan fingerprint density at radius 3 is 2.43 bits per heavy atom. The van der Waals surface area contributed by atoms with Crippen molar-refractivity contribution in [3.8, 4) is 0 Å². The summed E-state index contributed by atoms with van der Waals surface area (Å²) in [5.41, 5.74) is 9.92. The maximum atomic E-state index is 12.8. The van der Waals surface area contributed by atoms with Gasteiger partial charge in [0.1, 0.15) is 19.3 Å². The third-order valence-electron chi connectivity index (χ3n) is 9.34. The SMILES string of the molecule is CCC(C)N1NCN(c2ccc(N3CCN(C4=CC=C(OCC5COC(CN6N=CCN6)(C(C)C)O5)CC4)CC3)cc2)C1=O. The first-order chi connectivity index (χ1) is 21.3. The number of hydrogen-bond donors (Lipinski definition) is 2. The fourth-order valence-electron chi connectivity index (χ4n) is 6.29. The first-order valence-corrected chi connectivity index (χ1v) is 16.2. The number of allylic oxidation sites excluding steroid dienone is 4. The highest BCUT2D eigenvalue weighted by Crippen LogP contribution is 2.33. The molecule has 6 rings (SSSR count). The zero-order chi connectivity index (χ0) is 30.7. The molecule has 3 fully saturated rings. The van der Waals surface area contributed by atoms with Gasteiger partial charge < -0.3 is 24.0 Å². The summed E-state index contributed by atoms with van der Waals surface area (Å²) in [6, 6.07) is 8.57. The first-order valence-electron chi connectivity index (χ1n) is 16.2. The van der Waals surface area contributed by atoms with Gasteiger partial charge in [0.2, 0.25) is 0 Å². The molecule has 2 N–H and O–H groups in total. The largest absolute Gasteiger partial charge is 0.495 e. The topological polar surface area (TPSA) is 97.4 Å². The Bertz CT molecular complexity index is 1250. The highest BCUT2D eigenvalue weighted by Gasteiger charge is 2.46. The van der Waals surface area contributed by atoms with E-state index >= 15 is 0 Å². The fourth-order valence-corrected chi connectivity index (χ4v) is 6.29. The van der Waals surface area contributed by atoms with Crippen LogP contribution in [0.4, 0.5) is 16.2 Å². The van der Waals surface area contributed by atoms with Crippen LogP contribution in [0.2, 0.25) is 0 Å². The summed E-state index contributed by atoms with van der Waals surface area (Å²) in [6.45, 7) is 15.1. The van der Waals surface area contributed by atoms with E-state index in [2.05, 4.69) is 89.9 Å². The molecule has 3 saturated heterocycles. The summed E-state index contributed by atoms with van der Waals surface area (Å²) in [6.07, 6.45) is 8.86. The molecule has 12 heteroatoms. The van der Waals surface area contributed by atoms with Crippen LogP contribution in [0.15, 0.2) is 53.0 Å². The van der Waals surface area contributed by atoms with Crippen molar-refractivity contribution in [3.63, 3.8) is 0 Å². The summed E-state index contributed by atoms with van der Waals surface area (Å²) in [5.74, 6) is 0.492. The number of piperazine rings is 1. The number of nitrogens with one attached hydrogen (secondary N) is 2. The number of hydrogen-bond acceptors (Lipinski definition) is 10. The smallest absolute Gasteiger partial charge is 0.340 e. The minimum absolute atomic E-state index is 0.0134. The maximum Gasteiger partial charge on any atom is 0.340 e. The number of hydrazine groups is 2. The zero-order valence-electron chi connectivity index (χ0n) is 26.6. The minimum Gasteiger partial charge on any atom is -0.495 e. The predicted octanol–water partition coefficient (Wildman–Crippen LogP) is 3.46. The van der Waals surface area contributed by atoms with Crippen molar-refractivity contribution in [2.75, 3.05) is 69.0 Å². The predicted molar refractivity (Wildman–Crippen MR) is 171 cm³/mol. The average molecular weight is 609 g/mol. The van der Waals surface area contributed by atoms with E-state index in [-0.39, 0.29) is 24.1 Å². The molecule has 1 aromatic rings. The number of hydrazone groups is 1. The zero-order valence-corrected chi connectivity index (χ0v) is 26.6. The lowest BCUT2D eigenvalue weighted by atomic mass is 10.0. The average Bonchev–Trinajstić information content (AvgIpc) is 3.81. The molecule has 4 heterocycles. The molecule has 12 nitrogen and oxygen atoms in total. The molecule has 3 unspecified atom stereocenters. The number of rotatable bonds is 11. The van der Waals surface area contributed by atoms with Gasteiger partial charge in [-0.1, -0.05) is 20.8 Å². The molecule has 4 aliphatic heterocycles. The van der Waals surface area contributed by atoms with Crippen LogP contribution in [-0.2, 0) is 14.2 Å². The lowest BCUT2D eigenvalue weighted by Crippen LogP contribution is -2.49. The van der Waals surface area contributed by atoms with Crippen molar-refractivity contribution < 1.29 is 19.0 Å². The molecule has 0 bridgehead atoms. The lowest BCUT2D eigenvalue weighted by Gasteiger charge is -2.39. The van der Waals surface area contributed by atoms with Gasteiger partial charge in [0, 0.05) is 67.8 Å². The Kier molecular flexibility index (Phi) is 9.31. The molecule has 5 aliphatic rings.